The third-order valence-electron chi connectivity index (χ3n) is 5.94. The molecule has 4 rings (SSSR count). The number of carbonyl (C=O) groups excluding carboxylic acids is 2. The van der Waals surface area contributed by atoms with E-state index in [0.29, 0.717) is 5.56 Å². The normalized spacial score (nSPS) is 14.0. The van der Waals surface area contributed by atoms with Gasteiger partial charge in [-0.2, -0.15) is 0 Å². The number of amides is 1. The van der Waals surface area contributed by atoms with Crippen molar-refractivity contribution in [2.75, 3.05) is 20.3 Å². The Labute approximate surface area is 197 Å². The van der Waals surface area contributed by atoms with Gasteiger partial charge >= 0.3 is 12.1 Å². The first-order chi connectivity index (χ1) is 16.5. The molecule has 8 heteroatoms. The highest BCUT2D eigenvalue weighted by Crippen LogP contribution is 2.44. The lowest BCUT2D eigenvalue weighted by molar-refractivity contribution is 0.0135. The molecule has 176 valence electrons. The number of aliphatic hydroxyl groups is 2. The van der Waals surface area contributed by atoms with Crippen LogP contribution in [0.25, 0.3) is 11.1 Å². The van der Waals surface area contributed by atoms with Gasteiger partial charge in [0.2, 0.25) is 0 Å². The van der Waals surface area contributed by atoms with Crippen molar-refractivity contribution in [3.05, 3.63) is 89.2 Å². The molecule has 0 bridgehead atoms. The average molecular weight is 463 g/mol. The van der Waals surface area contributed by atoms with Crippen LogP contribution in [0, 0.1) is 0 Å². The Balaban J connectivity index is 1.28. The number of esters is 1. The largest absolute Gasteiger partial charge is 0.464 e. The lowest BCUT2D eigenvalue weighted by Gasteiger charge is -2.19. The number of carbonyl (C=O) groups is 2. The van der Waals surface area contributed by atoms with Crippen molar-refractivity contribution in [2.24, 2.45) is 0 Å². The van der Waals surface area contributed by atoms with Gasteiger partial charge in [-0.1, -0.05) is 48.5 Å². The zero-order valence-electron chi connectivity index (χ0n) is 18.7. The van der Waals surface area contributed by atoms with Crippen LogP contribution in [0.1, 0.15) is 45.6 Å². The summed E-state index contributed by atoms with van der Waals surface area (Å²) in [6.45, 7) is 0.294. The second-order valence-corrected chi connectivity index (χ2v) is 8.02. The molecule has 0 spiro atoms. The fourth-order valence-corrected chi connectivity index (χ4v) is 4.20. The molecule has 1 amide bonds. The van der Waals surface area contributed by atoms with Gasteiger partial charge in [-0.05, 0) is 46.4 Å². The minimum atomic E-state index is -1.25. The Bertz CT molecular complexity index is 1140. The predicted octanol–water partition coefficient (Wildman–Crippen LogP) is 3.19. The summed E-state index contributed by atoms with van der Waals surface area (Å²) in [7, 11) is 1.23. The van der Waals surface area contributed by atoms with Gasteiger partial charge in [0.05, 0.1) is 13.2 Å². The number of aromatic nitrogens is 1. The minimum absolute atomic E-state index is 0.0306. The van der Waals surface area contributed by atoms with Crippen molar-refractivity contribution < 1.29 is 29.3 Å². The van der Waals surface area contributed by atoms with Gasteiger partial charge in [-0.3, -0.25) is 0 Å². The molecule has 0 saturated carbocycles. The average Bonchev–Trinajstić information content (AvgIpc) is 3.20. The lowest BCUT2D eigenvalue weighted by atomic mass is 9.98. The molecule has 0 radical (unpaired) electrons. The Morgan fingerprint density at radius 1 is 1.03 bits per heavy atom. The molecule has 1 heterocycles. The molecule has 2 aromatic carbocycles. The fraction of sp³-hybridized carbons (Fsp3) is 0.269. The second kappa shape index (κ2) is 10.5. The van der Waals surface area contributed by atoms with E-state index < -0.39 is 24.3 Å². The van der Waals surface area contributed by atoms with E-state index in [1.807, 2.05) is 36.4 Å². The molecule has 0 fully saturated rings. The first-order valence-electron chi connectivity index (χ1n) is 11.0. The summed E-state index contributed by atoms with van der Waals surface area (Å²) in [5, 5.41) is 23.3. The molecule has 2 atom stereocenters. The highest BCUT2D eigenvalue weighted by molar-refractivity contribution is 5.87. The van der Waals surface area contributed by atoms with Crippen LogP contribution in [0.3, 0.4) is 0 Å². The SMILES string of the molecule is COC(=O)c1cc(C(O)C(O)CCNC(=O)OCC2c3ccccc3-c3ccccc32)ccn1. The monoisotopic (exact) mass is 462 g/mol. The number of pyridine rings is 1. The first-order valence-corrected chi connectivity index (χ1v) is 11.0. The van der Waals surface area contributed by atoms with E-state index >= 15 is 0 Å². The van der Waals surface area contributed by atoms with Gasteiger partial charge in [0.1, 0.15) is 18.4 Å². The zero-order chi connectivity index (χ0) is 24.1. The topological polar surface area (TPSA) is 118 Å². The maximum absolute atomic E-state index is 12.3. The van der Waals surface area contributed by atoms with Crippen LogP contribution in [0.2, 0.25) is 0 Å². The fourth-order valence-electron chi connectivity index (χ4n) is 4.20. The van der Waals surface area contributed by atoms with Crippen LogP contribution >= 0.6 is 0 Å². The number of benzene rings is 2. The highest BCUT2D eigenvalue weighted by atomic mass is 16.5. The van der Waals surface area contributed by atoms with Crippen molar-refractivity contribution in [1.82, 2.24) is 10.3 Å². The Morgan fingerprint density at radius 3 is 2.32 bits per heavy atom. The van der Waals surface area contributed by atoms with E-state index in [0.717, 1.165) is 22.3 Å². The van der Waals surface area contributed by atoms with E-state index in [4.69, 9.17) is 4.74 Å². The zero-order valence-corrected chi connectivity index (χ0v) is 18.7. The Kier molecular flexibility index (Phi) is 7.20. The Morgan fingerprint density at radius 2 is 1.68 bits per heavy atom. The molecular formula is C26H26N2O6. The summed E-state index contributed by atoms with van der Waals surface area (Å²) in [5.41, 5.74) is 4.90. The Hall–Kier alpha value is -3.75. The van der Waals surface area contributed by atoms with Crippen molar-refractivity contribution in [1.29, 1.82) is 0 Å². The molecule has 2 unspecified atom stereocenters. The summed E-state index contributed by atoms with van der Waals surface area (Å²) < 4.78 is 10.1. The highest BCUT2D eigenvalue weighted by Gasteiger charge is 2.29. The van der Waals surface area contributed by atoms with Gasteiger partial charge in [0.15, 0.2) is 0 Å². The van der Waals surface area contributed by atoms with Crippen LogP contribution in [0.15, 0.2) is 66.9 Å². The number of hydrogen-bond acceptors (Lipinski definition) is 7. The minimum Gasteiger partial charge on any atom is -0.464 e. The third-order valence-corrected chi connectivity index (χ3v) is 5.94. The summed E-state index contributed by atoms with van der Waals surface area (Å²) in [5.74, 6) is -0.679. The molecule has 34 heavy (non-hydrogen) atoms. The predicted molar refractivity (Wildman–Crippen MR) is 124 cm³/mol. The molecule has 3 N–H and O–H groups in total. The summed E-state index contributed by atoms with van der Waals surface area (Å²) >= 11 is 0. The molecule has 0 aliphatic heterocycles. The van der Waals surface area contributed by atoms with Crippen LogP contribution < -0.4 is 5.32 Å². The van der Waals surface area contributed by atoms with Gasteiger partial charge in [0, 0.05) is 18.7 Å². The van der Waals surface area contributed by atoms with Gasteiger partial charge in [-0.15, -0.1) is 0 Å². The van der Waals surface area contributed by atoms with E-state index in [2.05, 4.69) is 27.2 Å². The van der Waals surface area contributed by atoms with Crippen LogP contribution in [0.5, 0.6) is 0 Å². The molecule has 1 aromatic heterocycles. The number of fused-ring (bicyclic) bond motifs is 3. The molecule has 3 aromatic rings. The number of nitrogens with one attached hydrogen (secondary N) is 1. The molecule has 1 aliphatic rings. The van der Waals surface area contributed by atoms with Crippen LogP contribution in [-0.4, -0.2) is 53.6 Å². The maximum Gasteiger partial charge on any atom is 0.407 e. The number of hydrogen-bond donors (Lipinski definition) is 3. The first kappa shape index (κ1) is 23.4. The van der Waals surface area contributed by atoms with Gasteiger partial charge in [-0.25, -0.2) is 14.6 Å². The molecule has 0 saturated heterocycles. The lowest BCUT2D eigenvalue weighted by Crippen LogP contribution is -2.30. The second-order valence-electron chi connectivity index (χ2n) is 8.02. The van der Waals surface area contributed by atoms with Crippen LogP contribution in [-0.2, 0) is 9.47 Å². The molecular weight excluding hydrogens is 436 g/mol. The number of aliphatic hydroxyl groups excluding tert-OH is 2. The van der Waals surface area contributed by atoms with E-state index in [1.165, 1.54) is 25.4 Å². The number of rotatable bonds is 8. The summed E-state index contributed by atoms with van der Waals surface area (Å²) in [6.07, 6.45) is -1.58. The summed E-state index contributed by atoms with van der Waals surface area (Å²) in [4.78, 5) is 27.7. The van der Waals surface area contributed by atoms with E-state index in [1.54, 1.807) is 0 Å². The van der Waals surface area contributed by atoms with Crippen molar-refractivity contribution in [3.63, 3.8) is 0 Å². The smallest absolute Gasteiger partial charge is 0.407 e. The number of alkyl carbamates (subject to hydrolysis) is 1. The standard InChI is InChI=1S/C26H26N2O6/c1-33-25(31)22-14-16(10-12-27-22)24(30)23(29)11-13-28-26(32)34-15-21-19-8-4-2-6-17(19)18-7-3-5-9-20(18)21/h2-10,12,14,21,23-24,29-30H,11,13,15H2,1H3,(H,28,32). The third kappa shape index (κ3) is 4.93. The van der Waals surface area contributed by atoms with Crippen molar-refractivity contribution >= 4 is 12.1 Å². The van der Waals surface area contributed by atoms with Gasteiger partial charge < -0.3 is 25.0 Å². The quantitative estimate of drug-likeness (QED) is 0.440. The van der Waals surface area contributed by atoms with Gasteiger partial charge in [0.25, 0.3) is 0 Å². The van der Waals surface area contributed by atoms with E-state index in [-0.39, 0.29) is 31.2 Å². The molecule has 8 nitrogen and oxygen atoms in total. The number of methoxy groups -OCH3 is 1. The van der Waals surface area contributed by atoms with Crippen molar-refractivity contribution in [2.45, 2.75) is 24.5 Å². The van der Waals surface area contributed by atoms with Crippen molar-refractivity contribution in [3.8, 4) is 11.1 Å². The number of nitrogens with zero attached hydrogens (tertiary/aromatic N) is 1. The van der Waals surface area contributed by atoms with Crippen LogP contribution in [0.4, 0.5) is 4.79 Å². The van der Waals surface area contributed by atoms with E-state index in [9.17, 15) is 19.8 Å². The number of ether oxygens (including phenoxy) is 2. The maximum atomic E-state index is 12.3. The molecule has 1 aliphatic carbocycles. The summed E-state index contributed by atoms with van der Waals surface area (Å²) in [6, 6.07) is 19.0.